The molecule has 0 bridgehead atoms. The Hall–Kier alpha value is -3.25. The van der Waals surface area contributed by atoms with Crippen LogP contribution in [0.3, 0.4) is 0 Å². The maximum absolute atomic E-state index is 12.4. The van der Waals surface area contributed by atoms with Gasteiger partial charge in [0, 0.05) is 21.7 Å². The van der Waals surface area contributed by atoms with Gasteiger partial charge in [-0.3, -0.25) is 4.79 Å². The Morgan fingerprint density at radius 1 is 1.06 bits per heavy atom. The number of nitroso groups, excluding NO2 is 1. The molecule has 5 nitrogen and oxygen atoms in total. The minimum atomic E-state index is -0.862. The first-order valence-corrected chi connectivity index (χ1v) is 11.6. The van der Waals surface area contributed by atoms with E-state index in [1.807, 2.05) is 54.1 Å². The van der Waals surface area contributed by atoms with Gasteiger partial charge in [-0.25, -0.2) is 0 Å². The van der Waals surface area contributed by atoms with Gasteiger partial charge < -0.3 is 9.67 Å². The number of aryl methyl sites for hydroxylation is 1. The number of aliphatic carboxylic acids is 1. The van der Waals surface area contributed by atoms with E-state index in [-0.39, 0.29) is 0 Å². The van der Waals surface area contributed by atoms with Crippen molar-refractivity contribution in [3.8, 4) is 5.69 Å². The Kier molecular flexibility index (Phi) is 6.47. The summed E-state index contributed by atoms with van der Waals surface area (Å²) in [6.45, 7) is 6.20. The molecule has 0 amide bonds. The molecule has 1 aromatic heterocycles. The van der Waals surface area contributed by atoms with E-state index in [0.717, 1.165) is 37.8 Å². The molecule has 0 aliphatic heterocycles. The summed E-state index contributed by atoms with van der Waals surface area (Å²) in [5.74, 6) is -1.14. The van der Waals surface area contributed by atoms with Crippen LogP contribution in [0.25, 0.3) is 16.6 Å². The van der Waals surface area contributed by atoms with E-state index in [1.165, 1.54) is 5.56 Å². The Morgan fingerprint density at radius 2 is 1.79 bits per heavy atom. The van der Waals surface area contributed by atoms with Gasteiger partial charge in [-0.2, -0.15) is 0 Å². The van der Waals surface area contributed by atoms with E-state index in [2.05, 4.69) is 47.1 Å². The Bertz CT molecular complexity index is 1340. The number of carboxylic acid groups (broad SMARTS) is 1. The van der Waals surface area contributed by atoms with Gasteiger partial charge in [-0.1, -0.05) is 54.0 Å². The zero-order chi connectivity index (χ0) is 23.7. The lowest BCUT2D eigenvalue weighted by atomic mass is 9.91. The predicted molar refractivity (Wildman–Crippen MR) is 136 cm³/mol. The van der Waals surface area contributed by atoms with E-state index in [9.17, 15) is 14.8 Å². The number of nitrogens with zero attached hydrogens (tertiary/aromatic N) is 2. The largest absolute Gasteiger partial charge is 0.481 e. The van der Waals surface area contributed by atoms with Crippen molar-refractivity contribution >= 4 is 38.5 Å². The van der Waals surface area contributed by atoms with Crippen molar-refractivity contribution in [3.05, 3.63) is 98.5 Å². The summed E-state index contributed by atoms with van der Waals surface area (Å²) in [5, 5.41) is 14.1. The summed E-state index contributed by atoms with van der Waals surface area (Å²) >= 11 is 3.54. The molecule has 4 rings (SSSR count). The molecule has 33 heavy (non-hydrogen) atoms. The Labute approximate surface area is 201 Å². The van der Waals surface area contributed by atoms with Gasteiger partial charge in [-0.15, -0.1) is 4.91 Å². The van der Waals surface area contributed by atoms with Crippen LogP contribution < -0.4 is 0 Å². The first-order chi connectivity index (χ1) is 15.8. The van der Waals surface area contributed by atoms with Crippen molar-refractivity contribution in [2.75, 3.05) is 0 Å². The van der Waals surface area contributed by atoms with Crippen molar-refractivity contribution in [3.63, 3.8) is 0 Å². The molecular weight excluding hydrogens is 480 g/mol. The quantitative estimate of drug-likeness (QED) is 0.263. The molecule has 0 aliphatic rings. The second-order valence-corrected chi connectivity index (χ2v) is 9.58. The summed E-state index contributed by atoms with van der Waals surface area (Å²) in [7, 11) is 0. The molecule has 0 saturated heterocycles. The monoisotopic (exact) mass is 504 g/mol. The molecular formula is C27H25BrN2O3. The topological polar surface area (TPSA) is 71.7 Å². The lowest BCUT2D eigenvalue weighted by Gasteiger charge is -2.13. The molecule has 1 atom stereocenters. The summed E-state index contributed by atoms with van der Waals surface area (Å²) in [4.78, 5) is 23.4. The van der Waals surface area contributed by atoms with Gasteiger partial charge in [0.05, 0.1) is 11.4 Å². The number of carboxylic acids is 1. The molecule has 3 aromatic carbocycles. The molecule has 0 saturated carbocycles. The first-order valence-electron chi connectivity index (χ1n) is 10.8. The van der Waals surface area contributed by atoms with Crippen LogP contribution in [-0.2, 0) is 11.2 Å². The SMILES string of the molecule is Cc1cc(N=O)ccc1-n1cc(C(Cc2ccc(C(C)C)cc2)C(=O)O)c2cc(Br)ccc21. The maximum Gasteiger partial charge on any atom is 0.311 e. The third-order valence-corrected chi connectivity index (χ3v) is 6.60. The molecule has 1 heterocycles. The van der Waals surface area contributed by atoms with Crippen LogP contribution in [0.15, 0.2) is 76.5 Å². The molecule has 0 radical (unpaired) electrons. The van der Waals surface area contributed by atoms with E-state index in [1.54, 1.807) is 12.1 Å². The average Bonchev–Trinajstić information content (AvgIpc) is 3.15. The maximum atomic E-state index is 12.4. The molecule has 4 aromatic rings. The second-order valence-electron chi connectivity index (χ2n) is 8.67. The molecule has 1 N–H and O–H groups in total. The number of benzene rings is 3. The van der Waals surface area contributed by atoms with Crippen molar-refractivity contribution in [1.82, 2.24) is 4.57 Å². The van der Waals surface area contributed by atoms with Crippen LogP contribution in [-0.4, -0.2) is 15.6 Å². The van der Waals surface area contributed by atoms with Crippen LogP contribution in [0, 0.1) is 11.8 Å². The van der Waals surface area contributed by atoms with Crippen molar-refractivity contribution in [2.45, 2.75) is 39.0 Å². The van der Waals surface area contributed by atoms with Crippen molar-refractivity contribution in [1.29, 1.82) is 0 Å². The average molecular weight is 505 g/mol. The molecule has 6 heteroatoms. The summed E-state index contributed by atoms with van der Waals surface area (Å²) < 4.78 is 2.88. The van der Waals surface area contributed by atoms with Crippen LogP contribution in [0.4, 0.5) is 5.69 Å². The van der Waals surface area contributed by atoms with Gasteiger partial charge in [0.2, 0.25) is 0 Å². The van der Waals surface area contributed by atoms with E-state index in [4.69, 9.17) is 0 Å². The first kappa shape index (κ1) is 22.9. The Morgan fingerprint density at radius 3 is 2.39 bits per heavy atom. The number of halogens is 1. The van der Waals surface area contributed by atoms with Crippen LogP contribution in [0.5, 0.6) is 0 Å². The zero-order valence-corrected chi connectivity index (χ0v) is 20.3. The van der Waals surface area contributed by atoms with E-state index in [0.29, 0.717) is 18.0 Å². The van der Waals surface area contributed by atoms with Gasteiger partial charge in [0.15, 0.2) is 0 Å². The summed E-state index contributed by atoms with van der Waals surface area (Å²) in [6, 6.07) is 19.3. The van der Waals surface area contributed by atoms with Crippen molar-refractivity contribution in [2.24, 2.45) is 5.18 Å². The lowest BCUT2D eigenvalue weighted by molar-refractivity contribution is -0.138. The third kappa shape index (κ3) is 4.62. The van der Waals surface area contributed by atoms with Gasteiger partial charge >= 0.3 is 5.97 Å². The number of fused-ring (bicyclic) bond motifs is 1. The van der Waals surface area contributed by atoms with Crippen LogP contribution in [0.1, 0.15) is 47.9 Å². The minimum Gasteiger partial charge on any atom is -0.481 e. The van der Waals surface area contributed by atoms with Crippen LogP contribution >= 0.6 is 15.9 Å². The highest BCUT2D eigenvalue weighted by Crippen LogP contribution is 2.35. The lowest BCUT2D eigenvalue weighted by Crippen LogP contribution is -2.14. The number of hydrogen-bond acceptors (Lipinski definition) is 3. The van der Waals surface area contributed by atoms with E-state index < -0.39 is 11.9 Å². The highest BCUT2D eigenvalue weighted by Gasteiger charge is 2.26. The summed E-state index contributed by atoms with van der Waals surface area (Å²) in [5.41, 5.74) is 6.01. The number of rotatable bonds is 7. The van der Waals surface area contributed by atoms with Gasteiger partial charge in [-0.05, 0) is 83.1 Å². The summed E-state index contributed by atoms with van der Waals surface area (Å²) in [6.07, 6.45) is 2.31. The Balaban J connectivity index is 1.83. The number of aromatic nitrogens is 1. The number of hydrogen-bond donors (Lipinski definition) is 1. The highest BCUT2D eigenvalue weighted by molar-refractivity contribution is 9.10. The smallest absolute Gasteiger partial charge is 0.311 e. The predicted octanol–water partition coefficient (Wildman–Crippen LogP) is 7.63. The fourth-order valence-electron chi connectivity index (χ4n) is 4.28. The molecule has 1 unspecified atom stereocenters. The standard InChI is InChI=1S/C27H25BrN2O3/c1-16(2)19-6-4-18(5-7-19)13-23(27(31)32)24-15-30(26-10-8-20(28)14-22(24)26)25-11-9-21(29-33)12-17(25)3/h4-12,14-16,23H,13H2,1-3H3,(H,31,32). The third-order valence-electron chi connectivity index (χ3n) is 6.10. The highest BCUT2D eigenvalue weighted by atomic mass is 79.9. The van der Waals surface area contributed by atoms with E-state index >= 15 is 0 Å². The minimum absolute atomic E-state index is 0.365. The molecule has 168 valence electrons. The molecule has 0 aliphatic carbocycles. The normalized spacial score (nSPS) is 12.3. The van der Waals surface area contributed by atoms with Crippen LogP contribution in [0.2, 0.25) is 0 Å². The molecule has 0 fully saturated rings. The fraction of sp³-hybridized carbons (Fsp3) is 0.222. The second kappa shape index (κ2) is 9.32. The van der Waals surface area contributed by atoms with Gasteiger partial charge in [0.25, 0.3) is 0 Å². The van der Waals surface area contributed by atoms with Gasteiger partial charge in [0.1, 0.15) is 5.69 Å². The fourth-order valence-corrected chi connectivity index (χ4v) is 4.64. The van der Waals surface area contributed by atoms with Crippen molar-refractivity contribution < 1.29 is 9.90 Å². The number of carbonyl (C=O) groups is 1. The zero-order valence-electron chi connectivity index (χ0n) is 18.7. The molecule has 0 spiro atoms.